The number of primary amides is 2. The van der Waals surface area contributed by atoms with Crippen molar-refractivity contribution in [3.8, 4) is 0 Å². The maximum atomic E-state index is 13.4. The highest BCUT2D eigenvalue weighted by atomic mass is 19.4. The van der Waals surface area contributed by atoms with E-state index < -0.39 is 34.4 Å². The van der Waals surface area contributed by atoms with Crippen LogP contribution in [0.1, 0.15) is 56.1 Å². The van der Waals surface area contributed by atoms with Crippen LogP contribution in [0.2, 0.25) is 0 Å². The summed E-state index contributed by atoms with van der Waals surface area (Å²) in [7, 11) is 0. The molecule has 4 atom stereocenters. The molecule has 4 aliphatic rings. The highest BCUT2D eigenvalue weighted by Gasteiger charge is 2.82. The fourth-order valence-corrected chi connectivity index (χ4v) is 7.76. The van der Waals surface area contributed by atoms with E-state index in [1.54, 1.807) is 0 Å². The smallest absolute Gasteiger partial charge is 0.369 e. The van der Waals surface area contributed by atoms with Crippen LogP contribution < -0.4 is 11.5 Å². The molecule has 1 saturated heterocycles. The van der Waals surface area contributed by atoms with E-state index in [2.05, 4.69) is 4.90 Å². The molecule has 1 aliphatic heterocycles. The van der Waals surface area contributed by atoms with Crippen molar-refractivity contribution in [2.45, 2.75) is 56.5 Å². The monoisotopic (exact) mass is 475 g/mol. The topological polar surface area (TPSA) is 89.4 Å². The number of unbranched alkanes of at least 4 members (excludes halogenated alkanes) is 1. The Labute approximate surface area is 197 Å². The molecule has 3 aliphatic carbocycles. The molecule has 0 radical (unpaired) electrons. The maximum Gasteiger partial charge on any atom is 0.416 e. The number of carbonyl (C=O) groups is 2. The van der Waals surface area contributed by atoms with Gasteiger partial charge < -0.3 is 16.4 Å². The molecule has 1 heterocycles. The zero-order valence-electron chi connectivity index (χ0n) is 19.2. The number of nitrogens with two attached hydrogens (primary N) is 2. The fraction of sp³-hybridized carbons (Fsp3) is 0.615. The van der Waals surface area contributed by atoms with E-state index in [0.717, 1.165) is 51.0 Å². The molecule has 1 aromatic rings. The molecule has 0 unspecified atom stereocenters. The van der Waals surface area contributed by atoms with Gasteiger partial charge in [-0.25, -0.2) is 0 Å². The number of allylic oxidation sites excluding steroid dienone is 2. The first-order chi connectivity index (χ1) is 16.1. The van der Waals surface area contributed by atoms with Crippen molar-refractivity contribution in [3.63, 3.8) is 0 Å². The molecule has 0 aromatic heterocycles. The zero-order valence-corrected chi connectivity index (χ0v) is 19.2. The average molecular weight is 476 g/mol. The van der Waals surface area contributed by atoms with Crippen LogP contribution in [0.4, 0.5) is 13.2 Å². The summed E-state index contributed by atoms with van der Waals surface area (Å²) in [4.78, 5) is 29.2. The van der Waals surface area contributed by atoms with Gasteiger partial charge >= 0.3 is 6.18 Å². The molecule has 3 fully saturated rings. The van der Waals surface area contributed by atoms with Gasteiger partial charge in [0.25, 0.3) is 0 Å². The zero-order chi connectivity index (χ0) is 24.4. The SMILES string of the molecule is NC(=O)[C@]1(CCCCN2CCCC2)[C@@H]2C=C[C@@H](C23CC3)[C@@]1(C(N)=O)c1ccc(C(F)(F)F)cc1. The van der Waals surface area contributed by atoms with Crippen LogP contribution >= 0.6 is 0 Å². The third kappa shape index (κ3) is 3.03. The molecular formula is C26H32F3N3O2. The molecule has 5 rings (SSSR count). The Kier molecular flexibility index (Phi) is 5.39. The van der Waals surface area contributed by atoms with Crippen LogP contribution in [0.25, 0.3) is 0 Å². The van der Waals surface area contributed by atoms with Crippen molar-refractivity contribution >= 4 is 11.8 Å². The summed E-state index contributed by atoms with van der Waals surface area (Å²) in [6.45, 7) is 3.08. The Balaban J connectivity index is 1.57. The van der Waals surface area contributed by atoms with Crippen molar-refractivity contribution in [1.29, 1.82) is 0 Å². The van der Waals surface area contributed by atoms with E-state index in [4.69, 9.17) is 11.5 Å². The highest BCUT2D eigenvalue weighted by Crippen LogP contribution is 2.80. The van der Waals surface area contributed by atoms with Crippen molar-refractivity contribution in [1.82, 2.24) is 4.90 Å². The molecular weight excluding hydrogens is 443 g/mol. The van der Waals surface area contributed by atoms with Gasteiger partial charge in [-0.05, 0) is 87.2 Å². The van der Waals surface area contributed by atoms with E-state index >= 15 is 0 Å². The second-order valence-electron chi connectivity index (χ2n) is 10.7. The molecule has 8 heteroatoms. The van der Waals surface area contributed by atoms with Gasteiger partial charge in [-0.2, -0.15) is 13.2 Å². The van der Waals surface area contributed by atoms with Gasteiger partial charge in [0.1, 0.15) is 0 Å². The number of likely N-dealkylation sites (tertiary alicyclic amines) is 1. The van der Waals surface area contributed by atoms with Gasteiger partial charge in [0.15, 0.2) is 0 Å². The number of alkyl halides is 3. The minimum absolute atomic E-state index is 0.232. The van der Waals surface area contributed by atoms with Gasteiger partial charge in [-0.3, -0.25) is 9.59 Å². The number of rotatable bonds is 8. The predicted molar refractivity (Wildman–Crippen MR) is 121 cm³/mol. The lowest BCUT2D eigenvalue weighted by Gasteiger charge is -2.48. The molecule has 34 heavy (non-hydrogen) atoms. The maximum absolute atomic E-state index is 13.4. The second-order valence-corrected chi connectivity index (χ2v) is 10.7. The molecule has 1 spiro atoms. The highest BCUT2D eigenvalue weighted by molar-refractivity contribution is 5.99. The second kappa shape index (κ2) is 7.83. The van der Waals surface area contributed by atoms with E-state index in [1.807, 2.05) is 12.2 Å². The van der Waals surface area contributed by atoms with Crippen molar-refractivity contribution in [2.24, 2.45) is 34.1 Å². The van der Waals surface area contributed by atoms with Crippen molar-refractivity contribution in [2.75, 3.05) is 19.6 Å². The summed E-state index contributed by atoms with van der Waals surface area (Å²) < 4.78 is 39.8. The molecule has 4 N–H and O–H groups in total. The van der Waals surface area contributed by atoms with E-state index in [1.165, 1.54) is 25.0 Å². The third-order valence-electron chi connectivity index (χ3n) is 9.25. The Morgan fingerprint density at radius 3 is 2.09 bits per heavy atom. The molecule has 2 amide bonds. The number of hydrogen-bond acceptors (Lipinski definition) is 3. The molecule has 184 valence electrons. The summed E-state index contributed by atoms with van der Waals surface area (Å²) in [5, 5.41) is 0. The summed E-state index contributed by atoms with van der Waals surface area (Å²) in [5.41, 5.74) is 8.89. The van der Waals surface area contributed by atoms with Gasteiger partial charge in [-0.1, -0.05) is 30.7 Å². The lowest BCUT2D eigenvalue weighted by Crippen LogP contribution is -2.62. The lowest BCUT2D eigenvalue weighted by atomic mass is 9.52. The molecule has 2 bridgehead atoms. The van der Waals surface area contributed by atoms with Gasteiger partial charge in [-0.15, -0.1) is 0 Å². The molecule has 5 nitrogen and oxygen atoms in total. The summed E-state index contributed by atoms with van der Waals surface area (Å²) >= 11 is 0. The summed E-state index contributed by atoms with van der Waals surface area (Å²) in [5.74, 6) is -1.82. The quantitative estimate of drug-likeness (QED) is 0.443. The lowest BCUT2D eigenvalue weighted by molar-refractivity contribution is -0.144. The largest absolute Gasteiger partial charge is 0.416 e. The fourth-order valence-electron chi connectivity index (χ4n) is 7.76. The number of halogens is 3. The number of nitrogens with zero attached hydrogens (tertiary/aromatic N) is 1. The first-order valence-electron chi connectivity index (χ1n) is 12.3. The van der Waals surface area contributed by atoms with Gasteiger partial charge in [0.05, 0.1) is 16.4 Å². The van der Waals surface area contributed by atoms with Crippen LogP contribution in [0.3, 0.4) is 0 Å². The third-order valence-corrected chi connectivity index (χ3v) is 9.25. The Morgan fingerprint density at radius 1 is 0.941 bits per heavy atom. The number of amides is 2. The standard InChI is InChI=1S/C26H32F3N3O2/c27-26(28,29)18-7-5-17(6-8-18)25(22(31)34)20-10-9-19(23(20)12-13-23)24(25,21(30)33)11-1-2-14-32-15-3-4-16-32/h5-10,19-20H,1-4,11-16H2,(H2,30,33)(H2,31,34)/t19-,20+,24+,25-/m1/s1. The first-order valence-corrected chi connectivity index (χ1v) is 12.3. The number of benzene rings is 1. The Bertz CT molecular complexity index is 1010. The van der Waals surface area contributed by atoms with Crippen LogP contribution in [0.5, 0.6) is 0 Å². The molecule has 1 aromatic carbocycles. The first kappa shape index (κ1) is 23.4. The van der Waals surface area contributed by atoms with Crippen LogP contribution in [0.15, 0.2) is 36.4 Å². The number of hydrogen-bond donors (Lipinski definition) is 2. The molecule has 2 saturated carbocycles. The normalized spacial score (nSPS) is 33.6. The minimum atomic E-state index is -4.50. The summed E-state index contributed by atoms with van der Waals surface area (Å²) in [6.07, 6.45) is 5.55. The van der Waals surface area contributed by atoms with Crippen LogP contribution in [-0.2, 0) is 21.2 Å². The van der Waals surface area contributed by atoms with Crippen LogP contribution in [-0.4, -0.2) is 36.3 Å². The number of carbonyl (C=O) groups excluding carboxylic acids is 2. The minimum Gasteiger partial charge on any atom is -0.369 e. The van der Waals surface area contributed by atoms with E-state index in [9.17, 15) is 22.8 Å². The van der Waals surface area contributed by atoms with Crippen molar-refractivity contribution in [3.05, 3.63) is 47.5 Å². The predicted octanol–water partition coefficient (Wildman–Crippen LogP) is 3.76. The Hall–Kier alpha value is -2.35. The van der Waals surface area contributed by atoms with Crippen molar-refractivity contribution < 1.29 is 22.8 Å². The van der Waals surface area contributed by atoms with E-state index in [-0.39, 0.29) is 17.3 Å². The van der Waals surface area contributed by atoms with Crippen LogP contribution in [0, 0.1) is 22.7 Å². The average Bonchev–Trinajstić information content (AvgIpc) is 3.15. The van der Waals surface area contributed by atoms with E-state index in [0.29, 0.717) is 18.4 Å². The Morgan fingerprint density at radius 2 is 1.56 bits per heavy atom. The summed E-state index contributed by atoms with van der Waals surface area (Å²) in [6, 6.07) is 4.63. The van der Waals surface area contributed by atoms with Gasteiger partial charge in [0.2, 0.25) is 11.8 Å². The van der Waals surface area contributed by atoms with Gasteiger partial charge in [0, 0.05) is 5.92 Å².